The van der Waals surface area contributed by atoms with Crippen LogP contribution in [0.1, 0.15) is 10.4 Å². The van der Waals surface area contributed by atoms with Crippen molar-refractivity contribution >= 4 is 34.5 Å². The zero-order valence-corrected chi connectivity index (χ0v) is 16.9. The van der Waals surface area contributed by atoms with Crippen LogP contribution >= 0.6 is 22.9 Å². The van der Waals surface area contributed by atoms with Crippen molar-refractivity contribution in [2.45, 2.75) is 13.1 Å². The molecule has 2 aromatic carbocycles. The molecule has 0 spiro atoms. The summed E-state index contributed by atoms with van der Waals surface area (Å²) in [5.41, 5.74) is 1.05. The van der Waals surface area contributed by atoms with Gasteiger partial charge in [-0.3, -0.25) is 9.69 Å². The van der Waals surface area contributed by atoms with Gasteiger partial charge in [0.1, 0.15) is 11.6 Å². The van der Waals surface area contributed by atoms with Gasteiger partial charge in [-0.15, -0.1) is 11.3 Å². The van der Waals surface area contributed by atoms with Crippen LogP contribution in [0.4, 0.5) is 10.1 Å². The molecule has 7 heteroatoms. The van der Waals surface area contributed by atoms with E-state index in [1.54, 1.807) is 18.4 Å². The number of para-hydroxylation sites is 1. The summed E-state index contributed by atoms with van der Waals surface area (Å²) in [6.07, 6.45) is 0. The molecule has 1 amide bonds. The molecule has 3 aromatic rings. The molecule has 1 N–H and O–H groups in total. The summed E-state index contributed by atoms with van der Waals surface area (Å²) >= 11 is 7.53. The molecular formula is C21H20ClFN2O2S. The molecule has 0 unspecified atom stereocenters. The highest BCUT2D eigenvalue weighted by Gasteiger charge is 2.16. The van der Waals surface area contributed by atoms with Crippen molar-refractivity contribution in [1.82, 2.24) is 4.90 Å². The maximum Gasteiger partial charge on any atom is 0.238 e. The molecule has 0 aliphatic carbocycles. The summed E-state index contributed by atoms with van der Waals surface area (Å²) in [5.74, 6) is -0.0696. The fourth-order valence-electron chi connectivity index (χ4n) is 2.85. The molecule has 0 atom stereocenters. The SMILES string of the molecule is COc1ccccc1CN(CC(=O)Nc1cc(Cl)ccc1F)Cc1cccs1. The number of benzene rings is 2. The van der Waals surface area contributed by atoms with Crippen LogP contribution in [-0.2, 0) is 17.9 Å². The summed E-state index contributed by atoms with van der Waals surface area (Å²) in [5, 5.41) is 4.97. The second-order valence-corrected chi connectivity index (χ2v) is 7.68. The van der Waals surface area contributed by atoms with E-state index in [1.165, 1.54) is 18.2 Å². The van der Waals surface area contributed by atoms with Crippen LogP contribution < -0.4 is 10.1 Å². The highest BCUT2D eigenvalue weighted by molar-refractivity contribution is 7.09. The molecule has 0 fully saturated rings. The molecule has 3 rings (SSSR count). The van der Waals surface area contributed by atoms with E-state index < -0.39 is 5.82 Å². The van der Waals surface area contributed by atoms with Gasteiger partial charge in [0.2, 0.25) is 5.91 Å². The van der Waals surface area contributed by atoms with Crippen molar-refractivity contribution in [1.29, 1.82) is 0 Å². The minimum atomic E-state index is -0.521. The lowest BCUT2D eigenvalue weighted by Crippen LogP contribution is -2.32. The topological polar surface area (TPSA) is 41.6 Å². The van der Waals surface area contributed by atoms with E-state index in [4.69, 9.17) is 16.3 Å². The van der Waals surface area contributed by atoms with Gasteiger partial charge < -0.3 is 10.1 Å². The van der Waals surface area contributed by atoms with Gasteiger partial charge in [-0.25, -0.2) is 4.39 Å². The molecule has 0 aliphatic rings. The standard InChI is InChI=1S/C21H20ClFN2O2S/c1-27-20-7-3-2-5-15(20)12-25(13-17-6-4-10-28-17)14-21(26)24-19-11-16(22)8-9-18(19)23/h2-11H,12-14H2,1H3,(H,24,26). The van der Waals surface area contributed by atoms with Crippen LogP contribution in [0.15, 0.2) is 60.0 Å². The van der Waals surface area contributed by atoms with Gasteiger partial charge in [0.25, 0.3) is 0 Å². The third-order valence-corrected chi connectivity index (χ3v) is 5.21. The minimum absolute atomic E-state index is 0.0749. The van der Waals surface area contributed by atoms with Gasteiger partial charge in [0, 0.05) is 28.6 Å². The fraction of sp³-hybridized carbons (Fsp3) is 0.190. The van der Waals surface area contributed by atoms with Crippen molar-refractivity contribution < 1.29 is 13.9 Å². The number of methoxy groups -OCH3 is 1. The zero-order valence-electron chi connectivity index (χ0n) is 15.3. The Morgan fingerprint density at radius 3 is 2.75 bits per heavy atom. The van der Waals surface area contributed by atoms with Gasteiger partial charge in [-0.05, 0) is 35.7 Å². The molecule has 4 nitrogen and oxygen atoms in total. The van der Waals surface area contributed by atoms with E-state index in [0.717, 1.165) is 16.2 Å². The van der Waals surface area contributed by atoms with Crippen LogP contribution in [0.5, 0.6) is 5.75 Å². The lowest BCUT2D eigenvalue weighted by molar-refractivity contribution is -0.117. The normalized spacial score (nSPS) is 10.9. The van der Waals surface area contributed by atoms with E-state index in [-0.39, 0.29) is 18.1 Å². The minimum Gasteiger partial charge on any atom is -0.496 e. The molecule has 0 saturated carbocycles. The Bertz CT molecular complexity index is 934. The van der Waals surface area contributed by atoms with Crippen molar-refractivity contribution in [2.75, 3.05) is 19.0 Å². The van der Waals surface area contributed by atoms with Gasteiger partial charge in [0.05, 0.1) is 19.3 Å². The van der Waals surface area contributed by atoms with Gasteiger partial charge in [-0.2, -0.15) is 0 Å². The molecular weight excluding hydrogens is 399 g/mol. The summed E-state index contributed by atoms with van der Waals surface area (Å²) < 4.78 is 19.3. The first kappa shape index (κ1) is 20.3. The third kappa shape index (κ3) is 5.55. The number of rotatable bonds is 8. The first-order chi connectivity index (χ1) is 13.5. The number of halogens is 2. The number of carbonyl (C=O) groups excluding carboxylic acids is 1. The van der Waals surface area contributed by atoms with Crippen LogP contribution in [0.3, 0.4) is 0 Å². The van der Waals surface area contributed by atoms with E-state index in [2.05, 4.69) is 5.32 Å². The molecule has 28 heavy (non-hydrogen) atoms. The maximum absolute atomic E-state index is 13.9. The van der Waals surface area contributed by atoms with Crippen LogP contribution in [-0.4, -0.2) is 24.5 Å². The number of ether oxygens (including phenoxy) is 1. The molecule has 0 radical (unpaired) electrons. The molecule has 0 bridgehead atoms. The molecule has 0 saturated heterocycles. The van der Waals surface area contributed by atoms with E-state index >= 15 is 0 Å². The second-order valence-electron chi connectivity index (χ2n) is 6.21. The fourth-order valence-corrected chi connectivity index (χ4v) is 3.77. The zero-order chi connectivity index (χ0) is 19.9. The van der Waals surface area contributed by atoms with Crippen molar-refractivity contribution in [2.24, 2.45) is 0 Å². The van der Waals surface area contributed by atoms with Crippen LogP contribution in [0.2, 0.25) is 5.02 Å². The lowest BCUT2D eigenvalue weighted by atomic mass is 10.2. The maximum atomic E-state index is 13.9. The number of nitrogens with zero attached hydrogens (tertiary/aromatic N) is 1. The van der Waals surface area contributed by atoms with Gasteiger partial charge in [-0.1, -0.05) is 35.9 Å². The Hall–Kier alpha value is -2.41. The van der Waals surface area contributed by atoms with Crippen LogP contribution in [0.25, 0.3) is 0 Å². The monoisotopic (exact) mass is 418 g/mol. The third-order valence-electron chi connectivity index (χ3n) is 4.12. The number of hydrogen-bond acceptors (Lipinski definition) is 4. The molecule has 1 aromatic heterocycles. The van der Waals surface area contributed by atoms with Crippen molar-refractivity contribution in [3.05, 3.63) is 81.3 Å². The number of carbonyl (C=O) groups is 1. The Balaban J connectivity index is 1.74. The molecule has 0 aliphatic heterocycles. The summed E-state index contributed by atoms with van der Waals surface area (Å²) in [6.45, 7) is 1.22. The molecule has 146 valence electrons. The predicted molar refractivity (Wildman–Crippen MR) is 111 cm³/mol. The lowest BCUT2D eigenvalue weighted by Gasteiger charge is -2.22. The van der Waals surface area contributed by atoms with E-state index in [1.807, 2.05) is 46.7 Å². The Morgan fingerprint density at radius 2 is 2.00 bits per heavy atom. The summed E-state index contributed by atoms with van der Waals surface area (Å²) in [6, 6.07) is 15.8. The largest absolute Gasteiger partial charge is 0.496 e. The van der Waals surface area contributed by atoms with Gasteiger partial charge >= 0.3 is 0 Å². The quantitative estimate of drug-likeness (QED) is 0.547. The number of thiophene rings is 1. The number of anilines is 1. The Morgan fingerprint density at radius 1 is 1.18 bits per heavy atom. The van der Waals surface area contributed by atoms with E-state index in [9.17, 15) is 9.18 Å². The van der Waals surface area contributed by atoms with E-state index in [0.29, 0.717) is 18.1 Å². The first-order valence-corrected chi connectivity index (χ1v) is 9.92. The second kappa shape index (κ2) is 9.68. The Labute approximate surface area is 172 Å². The van der Waals surface area contributed by atoms with Crippen molar-refractivity contribution in [3.8, 4) is 5.75 Å². The van der Waals surface area contributed by atoms with Crippen molar-refractivity contribution in [3.63, 3.8) is 0 Å². The number of nitrogens with one attached hydrogen (secondary N) is 1. The number of hydrogen-bond donors (Lipinski definition) is 1. The average molecular weight is 419 g/mol. The number of amides is 1. The highest BCUT2D eigenvalue weighted by Crippen LogP contribution is 2.22. The summed E-state index contributed by atoms with van der Waals surface area (Å²) in [4.78, 5) is 15.7. The summed E-state index contributed by atoms with van der Waals surface area (Å²) in [7, 11) is 1.62. The molecule has 1 heterocycles. The van der Waals surface area contributed by atoms with Crippen LogP contribution in [0, 0.1) is 5.82 Å². The first-order valence-electron chi connectivity index (χ1n) is 8.66. The smallest absolute Gasteiger partial charge is 0.238 e. The van der Waals surface area contributed by atoms with Gasteiger partial charge in [0.15, 0.2) is 0 Å². The average Bonchev–Trinajstić information content (AvgIpc) is 3.18. The Kier molecular flexibility index (Phi) is 7.03. The highest BCUT2D eigenvalue weighted by atomic mass is 35.5. The predicted octanol–water partition coefficient (Wildman–Crippen LogP) is 5.19.